The second-order valence-electron chi connectivity index (χ2n) is 5.42. The van der Waals surface area contributed by atoms with Crippen LogP contribution in [0.25, 0.3) is 0 Å². The van der Waals surface area contributed by atoms with Crippen LogP contribution in [-0.2, 0) is 12.1 Å². The number of aromatic nitrogens is 2. The molecule has 1 aromatic rings. The quantitative estimate of drug-likeness (QED) is 0.835. The first kappa shape index (κ1) is 11.6. The summed E-state index contributed by atoms with van der Waals surface area (Å²) in [6, 6.07) is 0. The van der Waals surface area contributed by atoms with Gasteiger partial charge in [-0.05, 0) is 38.0 Å². The molecule has 0 radical (unpaired) electrons. The van der Waals surface area contributed by atoms with Crippen molar-refractivity contribution in [2.75, 3.05) is 0 Å². The molecule has 0 spiro atoms. The Balaban J connectivity index is 2.30. The van der Waals surface area contributed by atoms with Gasteiger partial charge in [-0.25, -0.2) is 4.98 Å². The zero-order valence-electron chi connectivity index (χ0n) is 10.5. The summed E-state index contributed by atoms with van der Waals surface area (Å²) in [5, 5.41) is 10.8. The first-order valence-corrected chi connectivity index (χ1v) is 6.29. The second-order valence-corrected chi connectivity index (χ2v) is 5.42. The molecule has 2 atom stereocenters. The summed E-state index contributed by atoms with van der Waals surface area (Å²) in [7, 11) is 0. The van der Waals surface area contributed by atoms with Crippen molar-refractivity contribution in [3.05, 3.63) is 18.2 Å². The van der Waals surface area contributed by atoms with Crippen molar-refractivity contribution in [2.24, 2.45) is 11.8 Å². The molecule has 0 bridgehead atoms. The van der Waals surface area contributed by atoms with Crippen LogP contribution in [0.1, 0.15) is 45.9 Å². The van der Waals surface area contributed by atoms with E-state index in [9.17, 15) is 5.11 Å². The predicted octanol–water partition coefficient (Wildman–Crippen LogP) is 2.55. The van der Waals surface area contributed by atoms with Gasteiger partial charge in [0.1, 0.15) is 11.4 Å². The number of rotatable bonds is 2. The van der Waals surface area contributed by atoms with Crippen molar-refractivity contribution < 1.29 is 5.11 Å². The van der Waals surface area contributed by atoms with Gasteiger partial charge in [-0.15, -0.1) is 0 Å². The maximum atomic E-state index is 10.8. The normalized spacial score (nSPS) is 35.2. The standard InChI is InChI=1S/C13H22N2O/c1-4-15-6-5-14-12(15)13(16)8-10(2)7-11(3)9-13/h5-6,10-11,16H,4,7-9H2,1-3H3. The Morgan fingerprint density at radius 1 is 1.44 bits per heavy atom. The molecule has 2 rings (SSSR count). The van der Waals surface area contributed by atoms with Gasteiger partial charge < -0.3 is 9.67 Å². The lowest BCUT2D eigenvalue weighted by atomic mass is 9.73. The summed E-state index contributed by atoms with van der Waals surface area (Å²) >= 11 is 0. The van der Waals surface area contributed by atoms with Gasteiger partial charge in [0.25, 0.3) is 0 Å². The molecule has 0 saturated heterocycles. The van der Waals surface area contributed by atoms with E-state index in [0.29, 0.717) is 11.8 Å². The van der Waals surface area contributed by atoms with E-state index in [0.717, 1.165) is 25.2 Å². The van der Waals surface area contributed by atoms with E-state index in [2.05, 4.69) is 30.3 Å². The van der Waals surface area contributed by atoms with E-state index < -0.39 is 5.60 Å². The van der Waals surface area contributed by atoms with Crippen molar-refractivity contribution in [1.29, 1.82) is 0 Å². The molecule has 1 saturated carbocycles. The van der Waals surface area contributed by atoms with Gasteiger partial charge in [-0.2, -0.15) is 0 Å². The fourth-order valence-corrected chi connectivity index (χ4v) is 3.24. The fourth-order valence-electron chi connectivity index (χ4n) is 3.24. The SMILES string of the molecule is CCn1ccnc1C1(O)CC(C)CC(C)C1. The highest BCUT2D eigenvalue weighted by molar-refractivity contribution is 5.07. The summed E-state index contributed by atoms with van der Waals surface area (Å²) in [5.41, 5.74) is -0.712. The van der Waals surface area contributed by atoms with Gasteiger partial charge in [0.05, 0.1) is 0 Å². The maximum Gasteiger partial charge on any atom is 0.140 e. The van der Waals surface area contributed by atoms with Crippen LogP contribution in [0, 0.1) is 11.8 Å². The Morgan fingerprint density at radius 3 is 2.62 bits per heavy atom. The molecule has 90 valence electrons. The monoisotopic (exact) mass is 222 g/mol. The molecular weight excluding hydrogens is 200 g/mol. The van der Waals surface area contributed by atoms with E-state index in [1.54, 1.807) is 6.20 Å². The minimum Gasteiger partial charge on any atom is -0.382 e. The van der Waals surface area contributed by atoms with Gasteiger partial charge in [-0.3, -0.25) is 0 Å². The number of aliphatic hydroxyl groups is 1. The Bertz CT molecular complexity index is 349. The van der Waals surface area contributed by atoms with E-state index >= 15 is 0 Å². The minimum atomic E-state index is -0.712. The lowest BCUT2D eigenvalue weighted by Gasteiger charge is -2.38. The smallest absolute Gasteiger partial charge is 0.140 e. The molecule has 3 nitrogen and oxygen atoms in total. The highest BCUT2D eigenvalue weighted by atomic mass is 16.3. The lowest BCUT2D eigenvalue weighted by molar-refractivity contribution is -0.0459. The number of aryl methyl sites for hydroxylation is 1. The van der Waals surface area contributed by atoms with Gasteiger partial charge >= 0.3 is 0 Å². The zero-order valence-corrected chi connectivity index (χ0v) is 10.5. The third-order valence-corrected chi connectivity index (χ3v) is 3.65. The molecular formula is C13H22N2O. The van der Waals surface area contributed by atoms with Gasteiger partial charge in [-0.1, -0.05) is 13.8 Å². The number of hydrogen-bond donors (Lipinski definition) is 1. The molecule has 3 heteroatoms. The van der Waals surface area contributed by atoms with Crippen molar-refractivity contribution >= 4 is 0 Å². The number of nitrogens with zero attached hydrogens (tertiary/aromatic N) is 2. The molecule has 1 aliphatic rings. The second kappa shape index (κ2) is 4.21. The summed E-state index contributed by atoms with van der Waals surface area (Å²) in [4.78, 5) is 4.36. The van der Waals surface area contributed by atoms with Gasteiger partial charge in [0.15, 0.2) is 0 Å². The molecule has 1 N–H and O–H groups in total. The number of imidazole rings is 1. The van der Waals surface area contributed by atoms with E-state index in [4.69, 9.17) is 0 Å². The molecule has 1 aromatic heterocycles. The van der Waals surface area contributed by atoms with Crippen LogP contribution in [0.3, 0.4) is 0 Å². The molecule has 1 aliphatic carbocycles. The van der Waals surface area contributed by atoms with Crippen molar-refractivity contribution in [3.63, 3.8) is 0 Å². The summed E-state index contributed by atoms with van der Waals surface area (Å²) in [5.74, 6) is 2.01. The average molecular weight is 222 g/mol. The Hall–Kier alpha value is -0.830. The third-order valence-electron chi connectivity index (χ3n) is 3.65. The van der Waals surface area contributed by atoms with Crippen LogP contribution in [0.5, 0.6) is 0 Å². The molecule has 0 aliphatic heterocycles. The average Bonchev–Trinajstić information content (AvgIpc) is 2.63. The minimum absolute atomic E-state index is 0.579. The molecule has 1 heterocycles. The third kappa shape index (κ3) is 2.01. The summed E-state index contributed by atoms with van der Waals surface area (Å²) in [6.07, 6.45) is 6.65. The Labute approximate surface area is 97.5 Å². The first-order chi connectivity index (χ1) is 7.55. The highest BCUT2D eigenvalue weighted by Crippen LogP contribution is 2.41. The van der Waals surface area contributed by atoms with Crippen molar-refractivity contribution in [3.8, 4) is 0 Å². The Kier molecular flexibility index (Phi) is 3.06. The van der Waals surface area contributed by atoms with Crippen LogP contribution in [0.15, 0.2) is 12.4 Å². The predicted molar refractivity (Wildman–Crippen MR) is 64.0 cm³/mol. The van der Waals surface area contributed by atoms with Gasteiger partial charge in [0.2, 0.25) is 0 Å². The number of hydrogen-bond acceptors (Lipinski definition) is 2. The largest absolute Gasteiger partial charge is 0.382 e. The van der Waals surface area contributed by atoms with Crippen LogP contribution in [0.4, 0.5) is 0 Å². The maximum absolute atomic E-state index is 10.8. The van der Waals surface area contributed by atoms with Gasteiger partial charge in [0, 0.05) is 18.9 Å². The molecule has 2 unspecified atom stereocenters. The van der Waals surface area contributed by atoms with Crippen LogP contribution < -0.4 is 0 Å². The van der Waals surface area contributed by atoms with Crippen molar-refractivity contribution in [1.82, 2.24) is 9.55 Å². The highest BCUT2D eigenvalue weighted by Gasteiger charge is 2.40. The van der Waals surface area contributed by atoms with Crippen LogP contribution in [-0.4, -0.2) is 14.7 Å². The lowest BCUT2D eigenvalue weighted by Crippen LogP contribution is -2.37. The fraction of sp³-hybridized carbons (Fsp3) is 0.769. The first-order valence-electron chi connectivity index (χ1n) is 6.29. The van der Waals surface area contributed by atoms with Crippen LogP contribution in [0.2, 0.25) is 0 Å². The van der Waals surface area contributed by atoms with Crippen molar-refractivity contribution in [2.45, 2.75) is 52.2 Å². The zero-order chi connectivity index (χ0) is 11.8. The van der Waals surface area contributed by atoms with E-state index in [1.807, 2.05) is 6.20 Å². The van der Waals surface area contributed by atoms with E-state index in [1.165, 1.54) is 6.42 Å². The van der Waals surface area contributed by atoms with Crippen LogP contribution >= 0.6 is 0 Å². The molecule has 0 amide bonds. The molecule has 1 fully saturated rings. The summed E-state index contributed by atoms with van der Waals surface area (Å²) < 4.78 is 2.06. The topological polar surface area (TPSA) is 38.0 Å². The summed E-state index contributed by atoms with van der Waals surface area (Å²) in [6.45, 7) is 7.41. The van der Waals surface area contributed by atoms with E-state index in [-0.39, 0.29) is 0 Å². The molecule has 0 aromatic carbocycles. The Morgan fingerprint density at radius 2 is 2.06 bits per heavy atom. The molecule has 16 heavy (non-hydrogen) atoms.